The summed E-state index contributed by atoms with van der Waals surface area (Å²) in [6, 6.07) is 8.10. The Kier molecular flexibility index (Phi) is 4.54. The fourth-order valence-corrected chi connectivity index (χ4v) is 3.43. The van der Waals surface area contributed by atoms with Crippen molar-refractivity contribution in [3.8, 4) is 0 Å². The smallest absolute Gasteiger partial charge is 0.259 e. The van der Waals surface area contributed by atoms with Crippen molar-refractivity contribution in [2.75, 3.05) is 6.54 Å². The van der Waals surface area contributed by atoms with Crippen molar-refractivity contribution >= 4 is 16.3 Å². The van der Waals surface area contributed by atoms with Crippen LogP contribution in [0.5, 0.6) is 0 Å². The molecule has 0 N–H and O–H groups in total. The molecule has 0 saturated carbocycles. The normalized spacial score (nSPS) is 11.5. The number of hydrogen-bond donors (Lipinski definition) is 0. The Hall–Kier alpha value is -2.05. The molecule has 120 valence electrons. The molecule has 23 heavy (non-hydrogen) atoms. The first-order valence-corrected chi connectivity index (χ1v) is 8.38. The third-order valence-electron chi connectivity index (χ3n) is 3.78. The van der Waals surface area contributed by atoms with Gasteiger partial charge in [-0.2, -0.15) is 0 Å². The van der Waals surface area contributed by atoms with Gasteiger partial charge >= 0.3 is 0 Å². The Bertz CT molecular complexity index is 870. The van der Waals surface area contributed by atoms with Crippen molar-refractivity contribution in [3.63, 3.8) is 0 Å². The molecule has 0 saturated heterocycles. The Morgan fingerprint density at radius 2 is 2.00 bits per heavy atom. The average molecular weight is 331 g/mol. The molecule has 0 unspecified atom stereocenters. The first kappa shape index (κ1) is 15.8. The Morgan fingerprint density at radius 1 is 1.26 bits per heavy atom. The highest BCUT2D eigenvalue weighted by Gasteiger charge is 2.10. The molecule has 6 heteroatoms. The number of aromatic nitrogens is 2. The molecule has 3 rings (SSSR count). The van der Waals surface area contributed by atoms with Crippen LogP contribution in [0.1, 0.15) is 23.9 Å². The van der Waals surface area contributed by atoms with E-state index in [2.05, 4.69) is 16.8 Å². The summed E-state index contributed by atoms with van der Waals surface area (Å²) in [6.07, 6.45) is 0. The lowest BCUT2D eigenvalue weighted by Gasteiger charge is -2.20. The predicted molar refractivity (Wildman–Crippen MR) is 90.3 cm³/mol. The number of benzene rings is 1. The van der Waals surface area contributed by atoms with Gasteiger partial charge in [-0.3, -0.25) is 14.1 Å². The van der Waals surface area contributed by atoms with E-state index >= 15 is 0 Å². The highest BCUT2D eigenvalue weighted by Crippen LogP contribution is 2.13. The third kappa shape index (κ3) is 3.48. The topological polar surface area (TPSA) is 37.6 Å². The van der Waals surface area contributed by atoms with E-state index in [4.69, 9.17) is 0 Å². The van der Waals surface area contributed by atoms with E-state index in [0.717, 1.165) is 28.5 Å². The molecular formula is C17H18FN3OS. The summed E-state index contributed by atoms with van der Waals surface area (Å²) in [4.78, 5) is 19.7. The van der Waals surface area contributed by atoms with Crippen LogP contribution in [0.15, 0.2) is 40.5 Å². The van der Waals surface area contributed by atoms with Gasteiger partial charge in [0.2, 0.25) is 0 Å². The molecule has 0 fully saturated rings. The van der Waals surface area contributed by atoms with E-state index in [1.165, 1.54) is 23.5 Å². The highest BCUT2D eigenvalue weighted by molar-refractivity contribution is 7.15. The zero-order valence-corrected chi connectivity index (χ0v) is 13.9. The summed E-state index contributed by atoms with van der Waals surface area (Å²) in [5.74, 6) is -0.231. The molecule has 1 aromatic carbocycles. The maximum atomic E-state index is 13.0. The number of hydrogen-bond acceptors (Lipinski definition) is 4. The minimum atomic E-state index is -0.231. The van der Waals surface area contributed by atoms with Crippen molar-refractivity contribution in [1.29, 1.82) is 0 Å². The molecule has 0 spiro atoms. The summed E-state index contributed by atoms with van der Waals surface area (Å²) in [5, 5.41) is 1.93. The van der Waals surface area contributed by atoms with Crippen molar-refractivity contribution in [2.45, 2.75) is 26.9 Å². The van der Waals surface area contributed by atoms with Gasteiger partial charge < -0.3 is 0 Å². The van der Waals surface area contributed by atoms with Gasteiger partial charge in [0.15, 0.2) is 4.96 Å². The van der Waals surface area contributed by atoms with Gasteiger partial charge in [0.25, 0.3) is 5.56 Å². The van der Waals surface area contributed by atoms with E-state index in [9.17, 15) is 9.18 Å². The molecule has 3 aromatic rings. The van der Waals surface area contributed by atoms with E-state index in [0.29, 0.717) is 13.1 Å². The van der Waals surface area contributed by atoms with Crippen LogP contribution < -0.4 is 5.56 Å². The molecule has 4 nitrogen and oxygen atoms in total. The second kappa shape index (κ2) is 6.60. The van der Waals surface area contributed by atoms with Gasteiger partial charge in [-0.05, 0) is 31.2 Å². The fourth-order valence-electron chi connectivity index (χ4n) is 2.54. The first-order chi connectivity index (χ1) is 11.1. The average Bonchev–Trinajstić information content (AvgIpc) is 2.90. The summed E-state index contributed by atoms with van der Waals surface area (Å²) in [7, 11) is 0. The number of aryl methyl sites for hydroxylation is 1. The minimum Gasteiger partial charge on any atom is -0.294 e. The Labute approximate surface area is 137 Å². The number of fused-ring (bicyclic) bond motifs is 1. The van der Waals surface area contributed by atoms with Gasteiger partial charge in [0.05, 0.1) is 5.69 Å². The van der Waals surface area contributed by atoms with E-state index in [1.807, 2.05) is 12.3 Å². The van der Waals surface area contributed by atoms with Crippen molar-refractivity contribution in [2.24, 2.45) is 0 Å². The van der Waals surface area contributed by atoms with E-state index in [-0.39, 0.29) is 11.4 Å². The van der Waals surface area contributed by atoms with Crippen molar-refractivity contribution in [3.05, 3.63) is 68.8 Å². The maximum Gasteiger partial charge on any atom is 0.259 e. The van der Waals surface area contributed by atoms with Crippen LogP contribution in [-0.4, -0.2) is 20.8 Å². The monoisotopic (exact) mass is 331 g/mol. The Morgan fingerprint density at radius 3 is 2.70 bits per heavy atom. The molecule has 0 amide bonds. The highest BCUT2D eigenvalue weighted by atomic mass is 32.1. The molecule has 0 aliphatic carbocycles. The number of nitrogens with zero attached hydrogens (tertiary/aromatic N) is 3. The number of thiazole rings is 1. The molecule has 0 aliphatic heterocycles. The molecule has 0 atom stereocenters. The summed E-state index contributed by atoms with van der Waals surface area (Å²) >= 11 is 1.47. The van der Waals surface area contributed by atoms with Crippen LogP contribution in [0.2, 0.25) is 0 Å². The van der Waals surface area contributed by atoms with Crippen LogP contribution in [-0.2, 0) is 13.1 Å². The lowest BCUT2D eigenvalue weighted by molar-refractivity contribution is 0.268. The third-order valence-corrected chi connectivity index (χ3v) is 4.72. The van der Waals surface area contributed by atoms with E-state index in [1.54, 1.807) is 22.6 Å². The SMILES string of the molecule is CCN(Cc1ccc(F)cc1)Cc1cc(=O)n2c(C)csc2n1. The number of halogens is 1. The molecule has 0 aliphatic rings. The Balaban J connectivity index is 1.81. The largest absolute Gasteiger partial charge is 0.294 e. The molecule has 0 bridgehead atoms. The number of rotatable bonds is 5. The molecule has 2 heterocycles. The first-order valence-electron chi connectivity index (χ1n) is 7.50. The zero-order chi connectivity index (χ0) is 16.4. The maximum absolute atomic E-state index is 13.0. The van der Waals surface area contributed by atoms with Crippen LogP contribution in [0.4, 0.5) is 4.39 Å². The standard InChI is InChI=1S/C17H18FN3OS/c1-3-20(9-13-4-6-14(18)7-5-13)10-15-8-16(22)21-12(2)11-23-17(21)19-15/h4-8,11H,3,9-10H2,1-2H3. The van der Waals surface area contributed by atoms with Crippen LogP contribution >= 0.6 is 11.3 Å². The van der Waals surface area contributed by atoms with Crippen LogP contribution in [0, 0.1) is 12.7 Å². The quantitative estimate of drug-likeness (QED) is 0.720. The van der Waals surface area contributed by atoms with Crippen LogP contribution in [0.25, 0.3) is 4.96 Å². The minimum absolute atomic E-state index is 0.0402. The van der Waals surface area contributed by atoms with Crippen LogP contribution in [0.3, 0.4) is 0 Å². The lowest BCUT2D eigenvalue weighted by atomic mass is 10.2. The molecule has 0 radical (unpaired) electrons. The second-order valence-electron chi connectivity index (χ2n) is 5.51. The molecular weight excluding hydrogens is 313 g/mol. The van der Waals surface area contributed by atoms with Crippen molar-refractivity contribution in [1.82, 2.24) is 14.3 Å². The summed E-state index contributed by atoms with van der Waals surface area (Å²) < 4.78 is 14.6. The van der Waals surface area contributed by atoms with Gasteiger partial charge in [-0.15, -0.1) is 11.3 Å². The van der Waals surface area contributed by atoms with E-state index < -0.39 is 0 Å². The van der Waals surface area contributed by atoms with Gasteiger partial charge in [0, 0.05) is 30.2 Å². The molecule has 2 aromatic heterocycles. The zero-order valence-electron chi connectivity index (χ0n) is 13.1. The summed E-state index contributed by atoms with van der Waals surface area (Å²) in [6.45, 7) is 6.07. The van der Waals surface area contributed by atoms with Gasteiger partial charge in [-0.1, -0.05) is 19.1 Å². The predicted octanol–water partition coefficient (Wildman–Crippen LogP) is 3.23. The summed E-state index contributed by atoms with van der Waals surface area (Å²) in [5.41, 5.74) is 2.67. The van der Waals surface area contributed by atoms with Gasteiger partial charge in [-0.25, -0.2) is 9.37 Å². The van der Waals surface area contributed by atoms with Gasteiger partial charge in [0.1, 0.15) is 5.82 Å². The lowest BCUT2D eigenvalue weighted by Crippen LogP contribution is -2.25. The second-order valence-corrected chi connectivity index (χ2v) is 6.35. The van der Waals surface area contributed by atoms with Crippen molar-refractivity contribution < 1.29 is 4.39 Å². The fraction of sp³-hybridized carbons (Fsp3) is 0.294.